The minimum atomic E-state index is -1.87. The molecule has 1 aromatic rings. The number of aliphatic carboxylic acids is 1. The summed E-state index contributed by atoms with van der Waals surface area (Å²) in [6.45, 7) is 2.11. The van der Waals surface area contributed by atoms with Gasteiger partial charge in [0.05, 0.1) is 33.3 Å². The zero-order valence-electron chi connectivity index (χ0n) is 18.5. The number of piperidine rings is 1. The second kappa shape index (κ2) is 8.78. The molecule has 0 saturated carbocycles. The average Bonchev–Trinajstić information content (AvgIpc) is 2.76. The molecule has 3 rings (SSSR count). The summed E-state index contributed by atoms with van der Waals surface area (Å²) in [5, 5.41) is 9.31. The summed E-state index contributed by atoms with van der Waals surface area (Å²) in [6, 6.07) is 4.54. The Morgan fingerprint density at radius 2 is 1.94 bits per heavy atom. The van der Waals surface area contributed by atoms with Crippen molar-refractivity contribution in [2.75, 3.05) is 34.4 Å². The molecule has 1 aliphatic heterocycles. The number of rotatable bonds is 6. The minimum absolute atomic E-state index is 0.0674. The van der Waals surface area contributed by atoms with Crippen molar-refractivity contribution in [3.63, 3.8) is 0 Å². The molecule has 0 amide bonds. The number of benzene rings is 1. The highest BCUT2D eigenvalue weighted by atomic mass is 16.6. The Hall–Kier alpha value is -3.14. The number of hydrogen-bond acceptors (Lipinski definition) is 9. The van der Waals surface area contributed by atoms with Crippen LogP contribution in [0.3, 0.4) is 0 Å². The van der Waals surface area contributed by atoms with E-state index in [0.717, 1.165) is 5.56 Å². The van der Waals surface area contributed by atoms with E-state index in [1.807, 2.05) is 11.0 Å². The fourth-order valence-electron chi connectivity index (χ4n) is 5.16. The van der Waals surface area contributed by atoms with Gasteiger partial charge >= 0.3 is 23.9 Å². The maximum absolute atomic E-state index is 13.5. The van der Waals surface area contributed by atoms with E-state index in [-0.39, 0.29) is 13.0 Å². The molecule has 1 N–H and O–H groups in total. The first kappa shape index (κ1) is 23.5. The van der Waals surface area contributed by atoms with Gasteiger partial charge in [0.1, 0.15) is 11.2 Å². The third-order valence-corrected chi connectivity index (χ3v) is 6.52. The molecule has 2 aliphatic rings. The number of carboxylic acid groups (broad SMARTS) is 1. The Kier molecular flexibility index (Phi) is 6.45. The molecular formula is C22H27NO9. The minimum Gasteiger partial charge on any atom is -0.497 e. The van der Waals surface area contributed by atoms with Crippen molar-refractivity contribution in [1.29, 1.82) is 0 Å². The Labute approximate surface area is 185 Å². The Balaban J connectivity index is 2.36. The predicted molar refractivity (Wildman–Crippen MR) is 109 cm³/mol. The van der Waals surface area contributed by atoms with Gasteiger partial charge < -0.3 is 24.1 Å². The van der Waals surface area contributed by atoms with Gasteiger partial charge in [-0.2, -0.15) is 0 Å². The van der Waals surface area contributed by atoms with Gasteiger partial charge in [0.25, 0.3) is 0 Å². The summed E-state index contributed by atoms with van der Waals surface area (Å²) >= 11 is 0. The standard InChI is InChI=1S/C22H27NO9/c1-5-31-17(24)12-22(32-19(27)18(25)26)16-10-13-6-7-14(29-3)11-15(13)21(22,20(28)30-4)8-9-23(16)2/h6-7,11,16H,5,8-10,12H2,1-4H3,(H,25,26)/t16?,21?,22-/m0/s1. The van der Waals surface area contributed by atoms with Crippen LogP contribution in [-0.2, 0) is 45.2 Å². The van der Waals surface area contributed by atoms with E-state index >= 15 is 0 Å². The molecule has 10 nitrogen and oxygen atoms in total. The molecule has 3 atom stereocenters. The van der Waals surface area contributed by atoms with E-state index < -0.39 is 47.4 Å². The highest BCUT2D eigenvalue weighted by molar-refractivity contribution is 6.29. The Morgan fingerprint density at radius 1 is 1.22 bits per heavy atom. The topological polar surface area (TPSA) is 129 Å². The summed E-state index contributed by atoms with van der Waals surface area (Å²) < 4.78 is 21.3. The number of carbonyl (C=O) groups excluding carboxylic acids is 3. The molecule has 1 saturated heterocycles. The van der Waals surface area contributed by atoms with Gasteiger partial charge in [0.2, 0.25) is 0 Å². The highest BCUT2D eigenvalue weighted by Crippen LogP contribution is 2.56. The summed E-state index contributed by atoms with van der Waals surface area (Å²) in [5.41, 5.74) is -2.23. The number of likely N-dealkylation sites (tertiary alicyclic amines) is 1. The van der Waals surface area contributed by atoms with Crippen molar-refractivity contribution in [1.82, 2.24) is 4.90 Å². The number of carbonyl (C=O) groups is 4. The monoisotopic (exact) mass is 449 g/mol. The molecule has 174 valence electrons. The van der Waals surface area contributed by atoms with E-state index in [4.69, 9.17) is 18.9 Å². The molecule has 2 unspecified atom stereocenters. The number of hydrogen-bond donors (Lipinski definition) is 1. The molecule has 10 heteroatoms. The Morgan fingerprint density at radius 3 is 2.53 bits per heavy atom. The third kappa shape index (κ3) is 3.48. The number of nitrogens with zero attached hydrogens (tertiary/aromatic N) is 1. The summed E-state index contributed by atoms with van der Waals surface area (Å²) in [4.78, 5) is 52.0. The molecule has 2 bridgehead atoms. The van der Waals surface area contributed by atoms with Crippen molar-refractivity contribution < 1.29 is 43.2 Å². The number of likely N-dealkylation sites (N-methyl/N-ethyl adjacent to an activating group) is 1. The smallest absolute Gasteiger partial charge is 0.417 e. The zero-order chi connectivity index (χ0) is 23.7. The van der Waals surface area contributed by atoms with Crippen molar-refractivity contribution in [2.45, 2.75) is 43.2 Å². The fourth-order valence-corrected chi connectivity index (χ4v) is 5.16. The number of methoxy groups -OCH3 is 2. The molecule has 32 heavy (non-hydrogen) atoms. The summed E-state index contributed by atoms with van der Waals surface area (Å²) in [6.07, 6.45) is -0.0827. The lowest BCUT2D eigenvalue weighted by Crippen LogP contribution is -2.75. The molecule has 1 heterocycles. The van der Waals surface area contributed by atoms with Crippen molar-refractivity contribution >= 4 is 23.9 Å². The maximum Gasteiger partial charge on any atom is 0.417 e. The van der Waals surface area contributed by atoms with Crippen LogP contribution in [0, 0.1) is 0 Å². The van der Waals surface area contributed by atoms with Crippen LogP contribution in [-0.4, -0.2) is 79.9 Å². The molecule has 0 radical (unpaired) electrons. The van der Waals surface area contributed by atoms with E-state index in [2.05, 4.69) is 0 Å². The fraction of sp³-hybridized carbons (Fsp3) is 0.545. The SMILES string of the molecule is CCOC(=O)C[C@]1(OC(=O)C(=O)O)C2Cc3ccc(OC)cc3C1(C(=O)OC)CCN2C. The van der Waals surface area contributed by atoms with Crippen LogP contribution in [0.4, 0.5) is 0 Å². The zero-order valence-corrected chi connectivity index (χ0v) is 18.5. The highest BCUT2D eigenvalue weighted by Gasteiger charge is 2.71. The molecular weight excluding hydrogens is 422 g/mol. The largest absolute Gasteiger partial charge is 0.497 e. The Bertz CT molecular complexity index is 945. The van der Waals surface area contributed by atoms with Gasteiger partial charge in [0, 0.05) is 0 Å². The van der Waals surface area contributed by atoms with Gasteiger partial charge in [-0.15, -0.1) is 0 Å². The van der Waals surface area contributed by atoms with E-state index in [1.165, 1.54) is 14.2 Å². The van der Waals surface area contributed by atoms with Crippen LogP contribution < -0.4 is 4.74 Å². The lowest BCUT2D eigenvalue weighted by atomic mass is 9.53. The normalized spacial score (nSPS) is 26.4. The van der Waals surface area contributed by atoms with Crippen molar-refractivity contribution in [2.24, 2.45) is 0 Å². The van der Waals surface area contributed by atoms with E-state index in [9.17, 15) is 24.3 Å². The predicted octanol–water partition coefficient (Wildman–Crippen LogP) is 0.686. The van der Waals surface area contributed by atoms with Gasteiger partial charge in [-0.3, -0.25) is 14.5 Å². The van der Waals surface area contributed by atoms with Crippen LogP contribution in [0.1, 0.15) is 30.9 Å². The van der Waals surface area contributed by atoms with Gasteiger partial charge in [-0.1, -0.05) is 6.07 Å². The number of ether oxygens (including phenoxy) is 4. The van der Waals surface area contributed by atoms with Crippen LogP contribution in [0.2, 0.25) is 0 Å². The second-order valence-electron chi connectivity index (χ2n) is 7.94. The molecule has 1 aromatic carbocycles. The van der Waals surface area contributed by atoms with E-state index in [0.29, 0.717) is 24.3 Å². The van der Waals surface area contributed by atoms with Crippen molar-refractivity contribution in [3.05, 3.63) is 29.3 Å². The molecule has 0 spiro atoms. The second-order valence-corrected chi connectivity index (χ2v) is 7.94. The van der Waals surface area contributed by atoms with Crippen molar-refractivity contribution in [3.8, 4) is 5.75 Å². The first-order chi connectivity index (χ1) is 15.2. The van der Waals surface area contributed by atoms with Crippen LogP contribution in [0.15, 0.2) is 18.2 Å². The lowest BCUT2D eigenvalue weighted by Gasteiger charge is -2.60. The summed E-state index contributed by atoms with van der Waals surface area (Å²) in [7, 11) is 4.45. The first-order valence-corrected chi connectivity index (χ1v) is 10.2. The molecule has 1 fully saturated rings. The van der Waals surface area contributed by atoms with Crippen LogP contribution in [0.25, 0.3) is 0 Å². The average molecular weight is 449 g/mol. The number of esters is 3. The van der Waals surface area contributed by atoms with E-state index in [1.54, 1.807) is 26.1 Å². The first-order valence-electron chi connectivity index (χ1n) is 10.2. The third-order valence-electron chi connectivity index (χ3n) is 6.52. The summed E-state index contributed by atoms with van der Waals surface area (Å²) in [5.74, 6) is -4.38. The number of carboxylic acids is 1. The maximum atomic E-state index is 13.5. The lowest BCUT2D eigenvalue weighted by molar-refractivity contribution is -0.212. The van der Waals surface area contributed by atoms with Crippen LogP contribution >= 0.6 is 0 Å². The van der Waals surface area contributed by atoms with Crippen LogP contribution in [0.5, 0.6) is 5.75 Å². The molecule has 0 aromatic heterocycles. The molecule has 1 aliphatic carbocycles. The number of fused-ring (bicyclic) bond motifs is 4. The van der Waals surface area contributed by atoms with Gasteiger partial charge in [-0.05, 0) is 56.6 Å². The van der Waals surface area contributed by atoms with Gasteiger partial charge in [0.15, 0.2) is 5.60 Å². The quantitative estimate of drug-likeness (QED) is 0.376. The van der Waals surface area contributed by atoms with Gasteiger partial charge in [-0.25, -0.2) is 9.59 Å².